The van der Waals surface area contributed by atoms with Crippen LogP contribution >= 0.6 is 28.1 Å². The quantitative estimate of drug-likeness (QED) is 0.711. The van der Waals surface area contributed by atoms with Gasteiger partial charge in [0, 0.05) is 22.6 Å². The highest BCUT2D eigenvalue weighted by molar-refractivity contribution is 9.10. The molecule has 0 radical (unpaired) electrons. The Hall–Kier alpha value is -2.19. The summed E-state index contributed by atoms with van der Waals surface area (Å²) in [6.45, 7) is 0.0552. The van der Waals surface area contributed by atoms with Gasteiger partial charge in [0.05, 0.1) is 0 Å². The van der Waals surface area contributed by atoms with Gasteiger partial charge >= 0.3 is 0 Å². The van der Waals surface area contributed by atoms with Crippen LogP contribution in [0.3, 0.4) is 0 Å². The minimum absolute atomic E-state index is 0.0552. The summed E-state index contributed by atoms with van der Waals surface area (Å²) in [4.78, 5) is 12.1. The summed E-state index contributed by atoms with van der Waals surface area (Å²) in [6, 6.07) is 11.2. The number of carbonyl (C=O) groups excluding carboxylic acids is 1. The molecule has 1 N–H and O–H groups in total. The summed E-state index contributed by atoms with van der Waals surface area (Å²) in [5, 5.41) is 6.97. The highest BCUT2D eigenvalue weighted by Crippen LogP contribution is 2.15. The minimum Gasteiger partial charge on any atom is -0.324 e. The molecule has 3 rings (SSSR count). The van der Waals surface area contributed by atoms with Crippen molar-refractivity contribution in [2.24, 2.45) is 0 Å². The van der Waals surface area contributed by atoms with Gasteiger partial charge in [-0.1, -0.05) is 22.0 Å². The van der Waals surface area contributed by atoms with Crippen LogP contribution < -0.4 is 5.32 Å². The van der Waals surface area contributed by atoms with E-state index in [1.165, 1.54) is 4.68 Å². The second-order valence-corrected chi connectivity index (χ2v) is 5.82. The predicted octanol–water partition coefficient (Wildman–Crippen LogP) is 2.93. The van der Waals surface area contributed by atoms with E-state index in [1.807, 2.05) is 48.8 Å². The predicted molar refractivity (Wildman–Crippen MR) is 89.1 cm³/mol. The maximum atomic E-state index is 12.1. The molecule has 0 aliphatic rings. The molecule has 2 aromatic heterocycles. The van der Waals surface area contributed by atoms with Crippen LogP contribution in [-0.2, 0) is 11.3 Å². The van der Waals surface area contributed by atoms with E-state index in [0.717, 1.165) is 10.2 Å². The zero-order valence-electron chi connectivity index (χ0n) is 11.4. The number of nitrogens with zero attached hydrogens (tertiary/aromatic N) is 4. The molecule has 0 saturated carbocycles. The lowest BCUT2D eigenvalue weighted by Gasteiger charge is -2.06. The van der Waals surface area contributed by atoms with Gasteiger partial charge in [0.1, 0.15) is 12.9 Å². The van der Waals surface area contributed by atoms with Crippen molar-refractivity contribution in [3.63, 3.8) is 0 Å². The van der Waals surface area contributed by atoms with Crippen molar-refractivity contribution in [2.45, 2.75) is 6.54 Å². The van der Waals surface area contributed by atoms with Gasteiger partial charge in [-0.05, 0) is 42.5 Å². The Kier molecular flexibility index (Phi) is 4.21. The van der Waals surface area contributed by atoms with E-state index in [0.29, 0.717) is 4.77 Å². The molecular weight excluding hydrogens is 366 g/mol. The number of rotatable bonds is 4. The first-order chi connectivity index (χ1) is 10.6. The van der Waals surface area contributed by atoms with Gasteiger partial charge < -0.3 is 5.32 Å². The summed E-state index contributed by atoms with van der Waals surface area (Å²) in [5.74, 6) is -0.188. The molecule has 0 bridgehead atoms. The molecule has 8 heteroatoms. The van der Waals surface area contributed by atoms with E-state index in [2.05, 4.69) is 26.3 Å². The number of halogens is 1. The van der Waals surface area contributed by atoms with Gasteiger partial charge in [0.15, 0.2) is 0 Å². The number of amides is 1. The van der Waals surface area contributed by atoms with Crippen LogP contribution in [-0.4, -0.2) is 25.0 Å². The van der Waals surface area contributed by atoms with Gasteiger partial charge in [-0.2, -0.15) is 5.10 Å². The fraction of sp³-hybridized carbons (Fsp3) is 0.0714. The first-order valence-corrected chi connectivity index (χ1v) is 7.67. The number of nitrogens with one attached hydrogen (secondary N) is 1. The van der Waals surface area contributed by atoms with Crippen molar-refractivity contribution in [1.82, 2.24) is 19.1 Å². The van der Waals surface area contributed by atoms with Crippen LogP contribution in [0.1, 0.15) is 0 Å². The van der Waals surface area contributed by atoms with Crippen LogP contribution in [0, 0.1) is 4.77 Å². The Balaban J connectivity index is 1.74. The average molecular weight is 378 g/mol. The SMILES string of the molecule is O=C(Cn1ncn(-n2cccc2)c1=S)Nc1cccc(Br)c1. The Labute approximate surface area is 140 Å². The van der Waals surface area contributed by atoms with E-state index in [9.17, 15) is 4.79 Å². The summed E-state index contributed by atoms with van der Waals surface area (Å²) in [6.07, 6.45) is 5.28. The summed E-state index contributed by atoms with van der Waals surface area (Å²) in [5.41, 5.74) is 0.718. The van der Waals surface area contributed by atoms with Crippen molar-refractivity contribution in [1.29, 1.82) is 0 Å². The summed E-state index contributed by atoms with van der Waals surface area (Å²) >= 11 is 8.70. The molecule has 3 aromatic rings. The third kappa shape index (κ3) is 3.18. The minimum atomic E-state index is -0.188. The van der Waals surface area contributed by atoms with Crippen molar-refractivity contribution in [3.05, 3.63) is 64.4 Å². The lowest BCUT2D eigenvalue weighted by Crippen LogP contribution is -2.20. The molecule has 0 unspecified atom stereocenters. The molecule has 0 aliphatic carbocycles. The zero-order valence-corrected chi connectivity index (χ0v) is 13.8. The third-order valence-corrected chi connectivity index (χ3v) is 3.85. The maximum absolute atomic E-state index is 12.1. The number of aromatic nitrogens is 4. The normalized spacial score (nSPS) is 10.6. The second-order valence-electron chi connectivity index (χ2n) is 4.54. The van der Waals surface area contributed by atoms with Gasteiger partial charge in [0.2, 0.25) is 10.7 Å². The van der Waals surface area contributed by atoms with Crippen LogP contribution in [0.2, 0.25) is 0 Å². The molecule has 1 aromatic carbocycles. The van der Waals surface area contributed by atoms with E-state index < -0.39 is 0 Å². The zero-order chi connectivity index (χ0) is 15.5. The Bertz CT molecular complexity index is 852. The van der Waals surface area contributed by atoms with Crippen LogP contribution in [0.5, 0.6) is 0 Å². The van der Waals surface area contributed by atoms with Gasteiger partial charge in [0.25, 0.3) is 0 Å². The number of carbonyl (C=O) groups is 1. The monoisotopic (exact) mass is 377 g/mol. The fourth-order valence-corrected chi connectivity index (χ4v) is 2.62. The lowest BCUT2D eigenvalue weighted by atomic mass is 10.3. The highest BCUT2D eigenvalue weighted by Gasteiger charge is 2.08. The topological polar surface area (TPSA) is 56.8 Å². The molecule has 6 nitrogen and oxygen atoms in total. The number of anilines is 1. The molecule has 2 heterocycles. The first kappa shape index (κ1) is 14.7. The molecule has 22 heavy (non-hydrogen) atoms. The van der Waals surface area contributed by atoms with Gasteiger partial charge in [-0.15, -0.1) is 0 Å². The van der Waals surface area contributed by atoms with E-state index in [4.69, 9.17) is 12.2 Å². The van der Waals surface area contributed by atoms with Crippen molar-refractivity contribution >= 4 is 39.7 Å². The average Bonchev–Trinajstić information content (AvgIpc) is 3.10. The number of hydrogen-bond donors (Lipinski definition) is 1. The molecule has 112 valence electrons. The summed E-state index contributed by atoms with van der Waals surface area (Å²) in [7, 11) is 0. The number of benzene rings is 1. The molecule has 0 aliphatic heterocycles. The number of hydrogen-bond acceptors (Lipinski definition) is 3. The van der Waals surface area contributed by atoms with Crippen molar-refractivity contribution in [3.8, 4) is 0 Å². The van der Waals surface area contributed by atoms with Crippen LogP contribution in [0.4, 0.5) is 5.69 Å². The first-order valence-electron chi connectivity index (χ1n) is 6.47. The highest BCUT2D eigenvalue weighted by atomic mass is 79.9. The third-order valence-electron chi connectivity index (χ3n) is 2.96. The molecule has 0 saturated heterocycles. The molecular formula is C14H12BrN5OS. The Morgan fingerprint density at radius 2 is 2.05 bits per heavy atom. The largest absolute Gasteiger partial charge is 0.324 e. The Morgan fingerprint density at radius 3 is 2.77 bits per heavy atom. The van der Waals surface area contributed by atoms with Crippen LogP contribution in [0.15, 0.2) is 59.6 Å². The molecule has 0 fully saturated rings. The maximum Gasteiger partial charge on any atom is 0.246 e. The second kappa shape index (κ2) is 6.29. The van der Waals surface area contributed by atoms with Gasteiger partial charge in [-0.25, -0.2) is 9.36 Å². The Morgan fingerprint density at radius 1 is 1.27 bits per heavy atom. The van der Waals surface area contributed by atoms with Gasteiger partial charge in [-0.3, -0.25) is 9.47 Å². The van der Waals surface area contributed by atoms with E-state index in [-0.39, 0.29) is 12.5 Å². The van der Waals surface area contributed by atoms with E-state index in [1.54, 1.807) is 15.7 Å². The smallest absolute Gasteiger partial charge is 0.246 e. The molecule has 0 spiro atoms. The molecule has 1 amide bonds. The van der Waals surface area contributed by atoms with Crippen LogP contribution in [0.25, 0.3) is 0 Å². The van der Waals surface area contributed by atoms with Crippen molar-refractivity contribution in [2.75, 3.05) is 5.32 Å². The summed E-state index contributed by atoms with van der Waals surface area (Å²) < 4.78 is 6.29. The van der Waals surface area contributed by atoms with E-state index >= 15 is 0 Å². The fourth-order valence-electron chi connectivity index (χ4n) is 1.97. The lowest BCUT2D eigenvalue weighted by molar-refractivity contribution is -0.116. The standard InChI is InChI=1S/C14H12BrN5OS/c15-11-4-3-5-12(8-11)17-13(21)9-19-14(22)20(10-16-19)18-6-1-2-7-18/h1-8,10H,9H2,(H,17,21). The van der Waals surface area contributed by atoms with Crippen molar-refractivity contribution < 1.29 is 4.79 Å². The molecule has 0 atom stereocenters.